The zero-order valence-corrected chi connectivity index (χ0v) is 11.6. The summed E-state index contributed by atoms with van der Waals surface area (Å²) in [5.74, 6) is 2.66. The number of nitrogens with two attached hydrogens (primary N) is 1. The summed E-state index contributed by atoms with van der Waals surface area (Å²) in [7, 11) is 0. The van der Waals surface area contributed by atoms with Crippen LogP contribution in [-0.2, 0) is 6.54 Å². The van der Waals surface area contributed by atoms with Crippen LogP contribution < -0.4 is 10.5 Å². The Hall–Kier alpha value is -2.60. The first-order chi connectivity index (χ1) is 10.3. The van der Waals surface area contributed by atoms with E-state index < -0.39 is 0 Å². The number of hydrogen-bond acceptors (Lipinski definition) is 6. The van der Waals surface area contributed by atoms with Gasteiger partial charge in [0, 0.05) is 0 Å². The average molecular weight is 285 g/mol. The van der Waals surface area contributed by atoms with Crippen LogP contribution >= 0.6 is 0 Å². The fourth-order valence-electron chi connectivity index (χ4n) is 1.97. The lowest BCUT2D eigenvalue weighted by Crippen LogP contribution is -1.94. The molecule has 21 heavy (non-hydrogen) atoms. The van der Waals surface area contributed by atoms with Crippen LogP contribution in [0.1, 0.15) is 12.7 Å². The third kappa shape index (κ3) is 2.66. The first-order valence-electron chi connectivity index (χ1n) is 6.67. The molecule has 0 radical (unpaired) electrons. The first kappa shape index (κ1) is 13.4. The van der Waals surface area contributed by atoms with E-state index in [0.29, 0.717) is 36.4 Å². The molecule has 0 unspecified atom stereocenters. The molecule has 0 saturated heterocycles. The number of aromatic nitrogens is 2. The van der Waals surface area contributed by atoms with Crippen LogP contribution in [0.5, 0.6) is 5.75 Å². The maximum atomic E-state index is 5.57. The number of ether oxygens (including phenoxy) is 1. The highest BCUT2D eigenvalue weighted by molar-refractivity contribution is 5.65. The number of para-hydroxylation sites is 1. The van der Waals surface area contributed by atoms with Gasteiger partial charge in [0.05, 0.1) is 18.7 Å². The van der Waals surface area contributed by atoms with Crippen LogP contribution in [0.2, 0.25) is 0 Å². The van der Waals surface area contributed by atoms with Gasteiger partial charge in [-0.2, -0.15) is 4.98 Å². The normalized spacial score (nSPS) is 10.8. The van der Waals surface area contributed by atoms with Crippen LogP contribution in [0, 0.1) is 0 Å². The highest BCUT2D eigenvalue weighted by Gasteiger charge is 2.16. The van der Waals surface area contributed by atoms with Crippen molar-refractivity contribution in [3.63, 3.8) is 0 Å². The lowest BCUT2D eigenvalue weighted by Gasteiger charge is -2.05. The van der Waals surface area contributed by atoms with Crippen molar-refractivity contribution in [2.75, 3.05) is 6.61 Å². The minimum atomic E-state index is 0.316. The van der Waals surface area contributed by atoms with E-state index in [-0.39, 0.29) is 0 Å². The highest BCUT2D eigenvalue weighted by atomic mass is 16.5. The molecule has 0 spiro atoms. The summed E-state index contributed by atoms with van der Waals surface area (Å²) in [6.45, 7) is 2.82. The molecule has 2 heterocycles. The predicted octanol–water partition coefficient (Wildman–Crippen LogP) is 2.85. The Morgan fingerprint density at radius 2 is 2.05 bits per heavy atom. The Balaban J connectivity index is 1.95. The van der Waals surface area contributed by atoms with E-state index in [4.69, 9.17) is 19.4 Å². The predicted molar refractivity (Wildman–Crippen MR) is 76.5 cm³/mol. The molecule has 3 aromatic rings. The van der Waals surface area contributed by atoms with Gasteiger partial charge in [0.1, 0.15) is 11.5 Å². The third-order valence-corrected chi connectivity index (χ3v) is 2.93. The van der Waals surface area contributed by atoms with E-state index in [9.17, 15) is 0 Å². The van der Waals surface area contributed by atoms with Gasteiger partial charge in [0.25, 0.3) is 5.89 Å². The van der Waals surface area contributed by atoms with Gasteiger partial charge in [0.2, 0.25) is 5.82 Å². The molecule has 6 nitrogen and oxygen atoms in total. The summed E-state index contributed by atoms with van der Waals surface area (Å²) < 4.78 is 16.3. The monoisotopic (exact) mass is 285 g/mol. The van der Waals surface area contributed by atoms with Gasteiger partial charge in [-0.05, 0) is 31.2 Å². The summed E-state index contributed by atoms with van der Waals surface area (Å²) >= 11 is 0. The van der Waals surface area contributed by atoms with Gasteiger partial charge >= 0.3 is 0 Å². The Morgan fingerprint density at radius 3 is 2.81 bits per heavy atom. The van der Waals surface area contributed by atoms with Crippen molar-refractivity contribution in [2.24, 2.45) is 5.73 Å². The van der Waals surface area contributed by atoms with Gasteiger partial charge in [-0.1, -0.05) is 17.3 Å². The van der Waals surface area contributed by atoms with Gasteiger partial charge in [-0.15, -0.1) is 0 Å². The van der Waals surface area contributed by atoms with Crippen LogP contribution in [-0.4, -0.2) is 16.7 Å². The molecule has 0 aliphatic heterocycles. The van der Waals surface area contributed by atoms with E-state index >= 15 is 0 Å². The largest absolute Gasteiger partial charge is 0.493 e. The summed E-state index contributed by atoms with van der Waals surface area (Å²) in [6.07, 6.45) is 0. The Kier molecular flexibility index (Phi) is 3.70. The minimum Gasteiger partial charge on any atom is -0.493 e. The van der Waals surface area contributed by atoms with Crippen molar-refractivity contribution in [3.8, 4) is 28.8 Å². The fraction of sp³-hybridized carbons (Fsp3) is 0.200. The molecule has 0 aliphatic rings. The molecule has 0 bridgehead atoms. The van der Waals surface area contributed by atoms with Crippen LogP contribution in [0.4, 0.5) is 0 Å². The molecule has 0 fully saturated rings. The van der Waals surface area contributed by atoms with Gasteiger partial charge in [0.15, 0.2) is 5.76 Å². The zero-order valence-electron chi connectivity index (χ0n) is 11.6. The molecule has 3 rings (SSSR count). The van der Waals surface area contributed by atoms with Crippen LogP contribution in [0.3, 0.4) is 0 Å². The third-order valence-electron chi connectivity index (χ3n) is 2.93. The molecule has 0 aliphatic carbocycles. The second-order valence-corrected chi connectivity index (χ2v) is 4.32. The Labute approximate surface area is 121 Å². The van der Waals surface area contributed by atoms with Crippen molar-refractivity contribution in [1.82, 2.24) is 10.1 Å². The van der Waals surface area contributed by atoms with Crippen molar-refractivity contribution in [2.45, 2.75) is 13.5 Å². The maximum absolute atomic E-state index is 5.57. The summed E-state index contributed by atoms with van der Waals surface area (Å²) in [4.78, 5) is 4.35. The Morgan fingerprint density at radius 1 is 1.19 bits per heavy atom. The smallest absolute Gasteiger partial charge is 0.293 e. The van der Waals surface area contributed by atoms with E-state index in [1.165, 1.54) is 0 Å². The Bertz CT molecular complexity index is 733. The van der Waals surface area contributed by atoms with E-state index in [2.05, 4.69) is 10.1 Å². The molecule has 2 aromatic heterocycles. The summed E-state index contributed by atoms with van der Waals surface area (Å²) in [6, 6.07) is 11.1. The molecule has 0 amide bonds. The lowest BCUT2D eigenvalue weighted by atomic mass is 10.2. The van der Waals surface area contributed by atoms with Crippen LogP contribution in [0.25, 0.3) is 23.0 Å². The molecule has 1 aromatic carbocycles. The zero-order chi connectivity index (χ0) is 14.7. The van der Waals surface area contributed by atoms with Gasteiger partial charge < -0.3 is 19.4 Å². The molecular formula is C15H15N3O3. The summed E-state index contributed by atoms with van der Waals surface area (Å²) in [5, 5.41) is 3.98. The van der Waals surface area contributed by atoms with Crippen molar-refractivity contribution in [3.05, 3.63) is 42.2 Å². The average Bonchev–Trinajstić information content (AvgIpc) is 3.17. The number of nitrogens with zero attached hydrogens (tertiary/aromatic N) is 2. The molecule has 0 atom stereocenters. The SMILES string of the molecule is CCOc1ccccc1-c1noc(-c2ccc(CN)o2)n1. The number of furan rings is 1. The summed E-state index contributed by atoms with van der Waals surface area (Å²) in [5.41, 5.74) is 6.29. The van der Waals surface area contributed by atoms with Crippen molar-refractivity contribution < 1.29 is 13.7 Å². The molecule has 0 saturated carbocycles. The minimum absolute atomic E-state index is 0.316. The molecule has 108 valence electrons. The second kappa shape index (κ2) is 5.80. The van der Waals surface area contributed by atoms with Crippen LogP contribution in [0.15, 0.2) is 45.3 Å². The highest BCUT2D eigenvalue weighted by Crippen LogP contribution is 2.29. The molecule has 6 heteroatoms. The van der Waals surface area contributed by atoms with E-state index in [1.807, 2.05) is 31.2 Å². The quantitative estimate of drug-likeness (QED) is 0.775. The topological polar surface area (TPSA) is 87.3 Å². The van der Waals surface area contributed by atoms with Gasteiger partial charge in [-0.3, -0.25) is 0 Å². The van der Waals surface area contributed by atoms with E-state index in [0.717, 1.165) is 11.3 Å². The molecular weight excluding hydrogens is 270 g/mol. The van der Waals surface area contributed by atoms with Crippen molar-refractivity contribution >= 4 is 0 Å². The fourth-order valence-corrected chi connectivity index (χ4v) is 1.97. The number of benzene rings is 1. The van der Waals surface area contributed by atoms with Crippen molar-refractivity contribution in [1.29, 1.82) is 0 Å². The number of rotatable bonds is 5. The van der Waals surface area contributed by atoms with E-state index in [1.54, 1.807) is 12.1 Å². The number of hydrogen-bond donors (Lipinski definition) is 1. The lowest BCUT2D eigenvalue weighted by molar-refractivity contribution is 0.341. The second-order valence-electron chi connectivity index (χ2n) is 4.32. The maximum Gasteiger partial charge on any atom is 0.293 e. The van der Waals surface area contributed by atoms with Gasteiger partial charge in [-0.25, -0.2) is 0 Å². The molecule has 2 N–H and O–H groups in total. The first-order valence-corrected chi connectivity index (χ1v) is 6.67. The standard InChI is InChI=1S/C15H15N3O3/c1-2-19-12-6-4-3-5-11(12)14-17-15(21-18-14)13-8-7-10(9-16)20-13/h3-8H,2,9,16H2,1H3.